The Bertz CT molecular complexity index is 500. The summed E-state index contributed by atoms with van der Waals surface area (Å²) in [5.41, 5.74) is -0.630. The normalized spacial score (nSPS) is 12.1. The number of hydrogen-bond acceptors (Lipinski definition) is 2. The summed E-state index contributed by atoms with van der Waals surface area (Å²) in [5, 5.41) is 15.0. The number of aliphatic hydroxyl groups is 1. The molecule has 0 unspecified atom stereocenters. The van der Waals surface area contributed by atoms with E-state index in [1.54, 1.807) is 0 Å². The lowest BCUT2D eigenvalue weighted by Gasteiger charge is -2.25. The van der Waals surface area contributed by atoms with Crippen LogP contribution in [0.3, 0.4) is 0 Å². The molecule has 0 aromatic heterocycles. The summed E-state index contributed by atoms with van der Waals surface area (Å²) >= 11 is 0. The number of urea groups is 1. The van der Waals surface area contributed by atoms with E-state index in [1.165, 1.54) is 24.3 Å². The fourth-order valence-electron chi connectivity index (χ4n) is 1.91. The molecule has 0 spiro atoms. The van der Waals surface area contributed by atoms with Crippen molar-refractivity contribution in [2.24, 2.45) is 0 Å². The number of carbonyl (C=O) groups excluding carboxylic acids is 1. The quantitative estimate of drug-likeness (QED) is 0.752. The van der Waals surface area contributed by atoms with Crippen LogP contribution in [0.1, 0.15) is 32.3 Å². The van der Waals surface area contributed by atoms with Crippen LogP contribution in [-0.4, -0.2) is 29.5 Å². The highest BCUT2D eigenvalue weighted by Crippen LogP contribution is 2.22. The van der Waals surface area contributed by atoms with E-state index in [9.17, 15) is 23.1 Å². The van der Waals surface area contributed by atoms with E-state index in [2.05, 4.69) is 10.6 Å². The monoisotopic (exact) mass is 318 g/mol. The standard InChI is InChI=1S/C15H21F3N2O2/c1-3-14(22,4-2)10-19-13(21)20-12-7-5-6-11(8-12)9-15(16,17)18/h5-8,22H,3-4,9-10H2,1-2H3,(H2,19,20,21). The molecule has 1 aromatic carbocycles. The van der Waals surface area contributed by atoms with E-state index in [1.807, 2.05) is 13.8 Å². The van der Waals surface area contributed by atoms with Crippen LogP contribution in [-0.2, 0) is 6.42 Å². The minimum atomic E-state index is -4.29. The first-order chi connectivity index (χ1) is 10.2. The van der Waals surface area contributed by atoms with Crippen LogP contribution in [0.5, 0.6) is 0 Å². The number of hydrogen-bond donors (Lipinski definition) is 3. The fraction of sp³-hybridized carbons (Fsp3) is 0.533. The number of halogens is 3. The predicted molar refractivity (Wildman–Crippen MR) is 78.8 cm³/mol. The van der Waals surface area contributed by atoms with Crippen molar-refractivity contribution in [3.63, 3.8) is 0 Å². The summed E-state index contributed by atoms with van der Waals surface area (Å²) in [4.78, 5) is 11.7. The van der Waals surface area contributed by atoms with E-state index >= 15 is 0 Å². The first-order valence-corrected chi connectivity index (χ1v) is 7.10. The van der Waals surface area contributed by atoms with E-state index < -0.39 is 24.2 Å². The molecule has 0 heterocycles. The molecule has 0 fully saturated rings. The zero-order chi connectivity index (χ0) is 16.8. The molecule has 22 heavy (non-hydrogen) atoms. The number of anilines is 1. The molecular formula is C15H21F3N2O2. The first-order valence-electron chi connectivity index (χ1n) is 7.10. The largest absolute Gasteiger partial charge is 0.393 e. The second-order valence-electron chi connectivity index (χ2n) is 5.23. The molecule has 124 valence electrons. The van der Waals surface area contributed by atoms with E-state index in [4.69, 9.17) is 0 Å². The summed E-state index contributed by atoms with van der Waals surface area (Å²) in [7, 11) is 0. The van der Waals surface area contributed by atoms with Gasteiger partial charge in [0.15, 0.2) is 0 Å². The lowest BCUT2D eigenvalue weighted by molar-refractivity contribution is -0.127. The molecule has 4 nitrogen and oxygen atoms in total. The number of alkyl halides is 3. The Balaban J connectivity index is 2.60. The maximum Gasteiger partial charge on any atom is 0.393 e. The first kappa shape index (κ1) is 18.3. The minimum absolute atomic E-state index is 0.0731. The van der Waals surface area contributed by atoms with Crippen LogP contribution in [0, 0.1) is 0 Å². The van der Waals surface area contributed by atoms with Gasteiger partial charge in [0.1, 0.15) is 0 Å². The third-order valence-electron chi connectivity index (χ3n) is 3.48. The molecule has 0 saturated carbocycles. The number of nitrogens with one attached hydrogen (secondary N) is 2. The van der Waals surface area contributed by atoms with Crippen molar-refractivity contribution in [1.29, 1.82) is 0 Å². The molecule has 0 radical (unpaired) electrons. The SMILES string of the molecule is CCC(O)(CC)CNC(=O)Nc1cccc(CC(F)(F)F)c1. The van der Waals surface area contributed by atoms with Crippen molar-refractivity contribution in [2.75, 3.05) is 11.9 Å². The fourth-order valence-corrected chi connectivity index (χ4v) is 1.91. The second kappa shape index (κ2) is 7.49. The summed E-state index contributed by atoms with van der Waals surface area (Å²) in [5.74, 6) is 0. The molecule has 0 aliphatic heterocycles. The van der Waals surface area contributed by atoms with Crippen LogP contribution < -0.4 is 10.6 Å². The molecular weight excluding hydrogens is 297 g/mol. The van der Waals surface area contributed by atoms with Crippen LogP contribution >= 0.6 is 0 Å². The topological polar surface area (TPSA) is 61.4 Å². The van der Waals surface area contributed by atoms with Gasteiger partial charge in [-0.3, -0.25) is 0 Å². The van der Waals surface area contributed by atoms with Crippen LogP contribution in [0.2, 0.25) is 0 Å². The van der Waals surface area contributed by atoms with Gasteiger partial charge in [0.05, 0.1) is 12.0 Å². The minimum Gasteiger partial charge on any atom is -0.388 e. The molecule has 7 heteroatoms. The average molecular weight is 318 g/mol. The number of amides is 2. The summed E-state index contributed by atoms with van der Waals surface area (Å²) < 4.78 is 37.0. The maximum absolute atomic E-state index is 12.3. The van der Waals surface area contributed by atoms with Crippen molar-refractivity contribution in [1.82, 2.24) is 5.32 Å². The number of benzene rings is 1. The van der Waals surface area contributed by atoms with Gasteiger partial charge in [-0.15, -0.1) is 0 Å². The van der Waals surface area contributed by atoms with Gasteiger partial charge in [0.25, 0.3) is 0 Å². The predicted octanol–water partition coefficient (Wildman–Crippen LogP) is 3.46. The molecule has 3 N–H and O–H groups in total. The van der Waals surface area contributed by atoms with Gasteiger partial charge >= 0.3 is 12.2 Å². The molecule has 1 aromatic rings. The van der Waals surface area contributed by atoms with Gasteiger partial charge in [-0.05, 0) is 30.5 Å². The van der Waals surface area contributed by atoms with Gasteiger partial charge in [0.2, 0.25) is 0 Å². The van der Waals surface area contributed by atoms with Crippen molar-refractivity contribution in [3.8, 4) is 0 Å². The Hall–Kier alpha value is -1.76. The molecule has 2 amide bonds. The highest BCUT2D eigenvalue weighted by atomic mass is 19.4. The van der Waals surface area contributed by atoms with Crippen molar-refractivity contribution in [2.45, 2.75) is 44.9 Å². The lowest BCUT2D eigenvalue weighted by atomic mass is 9.98. The third-order valence-corrected chi connectivity index (χ3v) is 3.48. The van der Waals surface area contributed by atoms with Crippen molar-refractivity contribution >= 4 is 11.7 Å². The van der Waals surface area contributed by atoms with Crippen LogP contribution in [0.15, 0.2) is 24.3 Å². The van der Waals surface area contributed by atoms with Gasteiger partial charge in [-0.2, -0.15) is 13.2 Å². The molecule has 0 saturated heterocycles. The van der Waals surface area contributed by atoms with E-state index in [-0.39, 0.29) is 17.8 Å². The Morgan fingerprint density at radius 3 is 2.41 bits per heavy atom. The molecule has 0 bridgehead atoms. The van der Waals surface area contributed by atoms with Gasteiger partial charge in [0, 0.05) is 12.2 Å². The summed E-state index contributed by atoms with van der Waals surface area (Å²) in [6, 6.07) is 5.02. The molecule has 0 atom stereocenters. The molecule has 0 aliphatic carbocycles. The van der Waals surface area contributed by atoms with Gasteiger partial charge in [-0.25, -0.2) is 4.79 Å². The van der Waals surface area contributed by atoms with E-state index in [0.29, 0.717) is 12.8 Å². The Kier molecular flexibility index (Phi) is 6.22. The van der Waals surface area contributed by atoms with Crippen molar-refractivity contribution in [3.05, 3.63) is 29.8 Å². The smallest absolute Gasteiger partial charge is 0.388 e. The number of carbonyl (C=O) groups is 1. The van der Waals surface area contributed by atoms with Crippen molar-refractivity contribution < 1.29 is 23.1 Å². The second-order valence-corrected chi connectivity index (χ2v) is 5.23. The Morgan fingerprint density at radius 1 is 1.23 bits per heavy atom. The zero-order valence-electron chi connectivity index (χ0n) is 12.6. The molecule has 1 rings (SSSR count). The van der Waals surface area contributed by atoms with Crippen LogP contribution in [0.25, 0.3) is 0 Å². The number of rotatable bonds is 6. The Morgan fingerprint density at radius 2 is 1.86 bits per heavy atom. The molecule has 0 aliphatic rings. The maximum atomic E-state index is 12.3. The highest BCUT2D eigenvalue weighted by molar-refractivity contribution is 5.89. The zero-order valence-corrected chi connectivity index (χ0v) is 12.6. The third kappa shape index (κ3) is 6.34. The van der Waals surface area contributed by atoms with Gasteiger partial charge < -0.3 is 15.7 Å². The highest BCUT2D eigenvalue weighted by Gasteiger charge is 2.27. The lowest BCUT2D eigenvalue weighted by Crippen LogP contribution is -2.43. The van der Waals surface area contributed by atoms with Crippen LogP contribution in [0.4, 0.5) is 23.7 Å². The summed E-state index contributed by atoms with van der Waals surface area (Å²) in [6.45, 7) is 3.70. The van der Waals surface area contributed by atoms with E-state index in [0.717, 1.165) is 0 Å². The van der Waals surface area contributed by atoms with Gasteiger partial charge in [-0.1, -0.05) is 26.0 Å². The summed E-state index contributed by atoms with van der Waals surface area (Å²) in [6.07, 6.45) is -4.36. The Labute approximate surface area is 127 Å². The average Bonchev–Trinajstić information content (AvgIpc) is 2.43.